The highest BCUT2D eigenvalue weighted by Gasteiger charge is 2.30. The molecule has 0 bridgehead atoms. The zero-order valence-corrected chi connectivity index (χ0v) is 24.0. The van der Waals surface area contributed by atoms with Crippen LogP contribution in [0.4, 0.5) is 0 Å². The predicted octanol–water partition coefficient (Wildman–Crippen LogP) is 0.584. The molecule has 0 saturated heterocycles. The summed E-state index contributed by atoms with van der Waals surface area (Å²) in [5, 5.41) is 27.8. The normalized spacial score (nSPS) is 14.0. The maximum Gasteiger partial charge on any atom is 0.326 e. The molecule has 10 N–H and O–H groups in total. The molecule has 42 heavy (non-hydrogen) atoms. The van der Waals surface area contributed by atoms with E-state index in [0.717, 1.165) is 16.5 Å². The van der Waals surface area contributed by atoms with Crippen LogP contribution in [0.15, 0.2) is 54.7 Å². The monoisotopic (exact) mass is 598 g/mol. The molecule has 3 rings (SSSR count). The first-order valence-electron chi connectivity index (χ1n) is 13.7. The first-order valence-corrected chi connectivity index (χ1v) is 14.3. The van der Waals surface area contributed by atoms with Gasteiger partial charge in [0.2, 0.25) is 17.7 Å². The van der Waals surface area contributed by atoms with Crippen molar-refractivity contribution < 1.29 is 29.4 Å². The largest absolute Gasteiger partial charge is 0.508 e. The lowest BCUT2D eigenvalue weighted by Crippen LogP contribution is -2.58. The van der Waals surface area contributed by atoms with Crippen LogP contribution in [-0.4, -0.2) is 75.4 Å². The molecule has 13 heteroatoms. The molecule has 0 aliphatic carbocycles. The molecular weight excluding hydrogens is 560 g/mol. The van der Waals surface area contributed by atoms with Crippen LogP contribution in [-0.2, 0) is 32.0 Å². The Hall–Kier alpha value is -4.07. The Kier molecular flexibility index (Phi) is 12.2. The summed E-state index contributed by atoms with van der Waals surface area (Å²) < 4.78 is 0. The summed E-state index contributed by atoms with van der Waals surface area (Å²) in [6.45, 7) is 0.398. The molecule has 3 amide bonds. The molecule has 1 aromatic heterocycles. The van der Waals surface area contributed by atoms with Crippen LogP contribution in [0, 0.1) is 0 Å². The van der Waals surface area contributed by atoms with Crippen LogP contribution in [0.3, 0.4) is 0 Å². The minimum absolute atomic E-state index is 0.0371. The van der Waals surface area contributed by atoms with Gasteiger partial charge in [-0.2, -0.15) is 12.6 Å². The number of carbonyl (C=O) groups excluding carboxylic acids is 3. The van der Waals surface area contributed by atoms with Crippen molar-refractivity contribution in [2.45, 2.75) is 56.3 Å². The number of phenols is 1. The van der Waals surface area contributed by atoms with Crippen molar-refractivity contribution >= 4 is 47.2 Å². The van der Waals surface area contributed by atoms with Gasteiger partial charge in [-0.05, 0) is 61.6 Å². The van der Waals surface area contributed by atoms with Crippen LogP contribution in [0.1, 0.15) is 30.4 Å². The number of thiol groups is 1. The average molecular weight is 599 g/mol. The highest BCUT2D eigenvalue weighted by atomic mass is 32.1. The minimum Gasteiger partial charge on any atom is -0.508 e. The summed E-state index contributed by atoms with van der Waals surface area (Å²) in [6.07, 6.45) is 3.33. The molecule has 0 aliphatic heterocycles. The summed E-state index contributed by atoms with van der Waals surface area (Å²) >= 11 is 4.17. The van der Waals surface area contributed by atoms with Crippen molar-refractivity contribution in [1.82, 2.24) is 20.9 Å². The molecule has 226 valence electrons. The number of carboxylic acids is 1. The fourth-order valence-corrected chi connectivity index (χ4v) is 4.73. The number of H-pyrrole nitrogens is 1. The Labute approximate surface area is 249 Å². The van der Waals surface area contributed by atoms with Gasteiger partial charge < -0.3 is 42.6 Å². The average Bonchev–Trinajstić information content (AvgIpc) is 3.38. The topological polar surface area (TPSA) is 213 Å². The number of rotatable bonds is 16. The van der Waals surface area contributed by atoms with Gasteiger partial charge >= 0.3 is 5.97 Å². The Morgan fingerprint density at radius 1 is 0.857 bits per heavy atom. The van der Waals surface area contributed by atoms with Crippen LogP contribution >= 0.6 is 12.6 Å². The second kappa shape index (κ2) is 15.8. The van der Waals surface area contributed by atoms with E-state index in [2.05, 4.69) is 33.6 Å². The molecule has 0 spiro atoms. The third-order valence-electron chi connectivity index (χ3n) is 6.84. The Morgan fingerprint density at radius 2 is 1.50 bits per heavy atom. The number of nitrogens with one attached hydrogen (secondary N) is 4. The highest BCUT2D eigenvalue weighted by Crippen LogP contribution is 2.19. The number of unbranched alkanes of at least 4 members (excludes halogenated alkanes) is 1. The maximum atomic E-state index is 13.4. The smallest absolute Gasteiger partial charge is 0.326 e. The molecular formula is C29H38N6O6S. The fraction of sp³-hybridized carbons (Fsp3) is 0.379. The number of aromatic hydroxyl groups is 1. The van der Waals surface area contributed by atoms with Crippen molar-refractivity contribution in [1.29, 1.82) is 0 Å². The standard InChI is InChI=1S/C29H38N6O6S/c30-12-4-3-7-23(29(40)41)33-28(39)25(16-42)35-27(38)24(13-17-8-10-19(36)11-9-17)34-26(37)21(31)14-18-15-32-22-6-2-1-5-20(18)22/h1-2,5-6,8-11,15,21,23-25,32,36,42H,3-4,7,12-14,16,30-31H2,(H,33,39)(H,34,37)(H,35,38)(H,40,41). The predicted molar refractivity (Wildman–Crippen MR) is 162 cm³/mol. The lowest BCUT2D eigenvalue weighted by atomic mass is 10.0. The van der Waals surface area contributed by atoms with Crippen molar-refractivity contribution in [3.63, 3.8) is 0 Å². The van der Waals surface area contributed by atoms with E-state index in [-0.39, 0.29) is 30.8 Å². The van der Waals surface area contributed by atoms with Gasteiger partial charge in [0, 0.05) is 29.3 Å². The zero-order chi connectivity index (χ0) is 30.6. The molecule has 2 aromatic carbocycles. The van der Waals surface area contributed by atoms with Gasteiger partial charge in [0.1, 0.15) is 23.9 Å². The number of carboxylic acid groups (broad SMARTS) is 1. The number of fused-ring (bicyclic) bond motifs is 1. The summed E-state index contributed by atoms with van der Waals surface area (Å²) in [4.78, 5) is 54.2. The van der Waals surface area contributed by atoms with E-state index in [1.165, 1.54) is 12.1 Å². The lowest BCUT2D eigenvalue weighted by molar-refractivity contribution is -0.142. The molecule has 12 nitrogen and oxygen atoms in total. The van der Waals surface area contributed by atoms with E-state index < -0.39 is 47.9 Å². The molecule has 4 unspecified atom stereocenters. The summed E-state index contributed by atoms with van der Waals surface area (Å²) in [7, 11) is 0. The van der Waals surface area contributed by atoms with Gasteiger partial charge in [-0.3, -0.25) is 14.4 Å². The van der Waals surface area contributed by atoms with Crippen LogP contribution < -0.4 is 27.4 Å². The number of para-hydroxylation sites is 1. The molecule has 0 saturated carbocycles. The number of benzene rings is 2. The second-order valence-electron chi connectivity index (χ2n) is 10.0. The maximum absolute atomic E-state index is 13.4. The number of phenolic OH excluding ortho intramolecular Hbond substituents is 1. The van der Waals surface area contributed by atoms with Crippen LogP contribution in [0.25, 0.3) is 10.9 Å². The molecule has 0 fully saturated rings. The summed E-state index contributed by atoms with van der Waals surface area (Å²) in [5.74, 6) is -3.25. The molecule has 0 radical (unpaired) electrons. The van der Waals surface area contributed by atoms with E-state index in [9.17, 15) is 29.4 Å². The third kappa shape index (κ3) is 9.23. The van der Waals surface area contributed by atoms with Gasteiger partial charge in [-0.1, -0.05) is 30.3 Å². The Balaban J connectivity index is 1.72. The Morgan fingerprint density at radius 3 is 2.17 bits per heavy atom. The second-order valence-corrected chi connectivity index (χ2v) is 10.4. The number of nitrogens with two attached hydrogens (primary N) is 2. The fourth-order valence-electron chi connectivity index (χ4n) is 4.47. The number of aromatic amines is 1. The molecule has 1 heterocycles. The minimum atomic E-state index is -1.20. The number of hydrogen-bond acceptors (Lipinski definition) is 8. The van der Waals surface area contributed by atoms with E-state index in [1.807, 2.05) is 24.3 Å². The van der Waals surface area contributed by atoms with Crippen molar-refractivity contribution in [3.05, 3.63) is 65.9 Å². The Bertz CT molecular complexity index is 1360. The van der Waals surface area contributed by atoms with E-state index in [4.69, 9.17) is 11.5 Å². The molecule has 0 aliphatic rings. The quantitative estimate of drug-likeness (QED) is 0.0838. The van der Waals surface area contributed by atoms with Gasteiger partial charge in [-0.15, -0.1) is 0 Å². The highest BCUT2D eigenvalue weighted by molar-refractivity contribution is 7.80. The van der Waals surface area contributed by atoms with E-state index in [0.29, 0.717) is 24.9 Å². The summed E-state index contributed by atoms with van der Waals surface area (Å²) in [5.41, 5.74) is 14.1. The van der Waals surface area contributed by atoms with Crippen molar-refractivity contribution in [3.8, 4) is 5.75 Å². The van der Waals surface area contributed by atoms with Gasteiger partial charge in [0.15, 0.2) is 0 Å². The van der Waals surface area contributed by atoms with Gasteiger partial charge in [0.25, 0.3) is 0 Å². The zero-order valence-electron chi connectivity index (χ0n) is 23.1. The number of aliphatic carboxylic acids is 1. The van der Waals surface area contributed by atoms with Crippen molar-refractivity contribution in [2.75, 3.05) is 12.3 Å². The first kappa shape index (κ1) is 32.4. The van der Waals surface area contributed by atoms with Gasteiger partial charge in [-0.25, -0.2) is 4.79 Å². The van der Waals surface area contributed by atoms with Gasteiger partial charge in [0.05, 0.1) is 6.04 Å². The summed E-state index contributed by atoms with van der Waals surface area (Å²) in [6, 6.07) is 9.29. The molecule has 3 aromatic rings. The number of carbonyl (C=O) groups is 4. The number of hydrogen-bond donors (Lipinski definition) is 9. The van der Waals surface area contributed by atoms with Crippen LogP contribution in [0.5, 0.6) is 5.75 Å². The lowest BCUT2D eigenvalue weighted by Gasteiger charge is -2.24. The SMILES string of the molecule is NCCCCC(NC(=O)C(CS)NC(=O)C(Cc1ccc(O)cc1)NC(=O)C(N)Cc1c[nH]c2ccccc12)C(=O)O. The van der Waals surface area contributed by atoms with E-state index >= 15 is 0 Å². The third-order valence-corrected chi connectivity index (χ3v) is 7.20. The van der Waals surface area contributed by atoms with Crippen LogP contribution in [0.2, 0.25) is 0 Å². The first-order chi connectivity index (χ1) is 20.1. The molecule has 4 atom stereocenters. The number of aromatic nitrogens is 1. The van der Waals surface area contributed by atoms with Crippen molar-refractivity contribution in [2.24, 2.45) is 11.5 Å². The number of amides is 3. The van der Waals surface area contributed by atoms with E-state index in [1.54, 1.807) is 18.3 Å².